The third-order valence-electron chi connectivity index (χ3n) is 4.91. The van der Waals surface area contributed by atoms with Gasteiger partial charge in [0.1, 0.15) is 0 Å². The number of benzene rings is 1. The smallest absolute Gasteiger partial charge is 0.203 e. The second-order valence-corrected chi connectivity index (χ2v) is 7.14. The van der Waals surface area contributed by atoms with E-state index in [1.807, 2.05) is 0 Å². The van der Waals surface area contributed by atoms with E-state index >= 15 is 0 Å². The van der Waals surface area contributed by atoms with Crippen molar-refractivity contribution in [2.24, 2.45) is 18.4 Å². The first-order valence-corrected chi connectivity index (χ1v) is 8.25. The van der Waals surface area contributed by atoms with Crippen LogP contribution in [0.15, 0.2) is 24.3 Å². The molecule has 21 heavy (non-hydrogen) atoms. The third kappa shape index (κ3) is 2.92. The largest absolute Gasteiger partial charge is 0.355 e. The van der Waals surface area contributed by atoms with Crippen LogP contribution < -0.4 is 5.32 Å². The molecule has 1 N–H and O–H groups in total. The molecule has 0 aliphatic heterocycles. The minimum absolute atomic E-state index is 0.478. The number of aryl methyl sites for hydroxylation is 1. The standard InChI is InChI=1S/C18H27N3/c1-14(2)12-18(10-6-7-11-18)13-19-17-20-15-8-4-5-9-16(15)21(17)3/h4-5,8-9,14H,6-7,10-13H2,1-3H3,(H,19,20). The van der Waals surface area contributed by atoms with E-state index in [1.165, 1.54) is 37.6 Å². The summed E-state index contributed by atoms with van der Waals surface area (Å²) in [6, 6.07) is 8.34. The Kier molecular flexibility index (Phi) is 3.92. The van der Waals surface area contributed by atoms with Gasteiger partial charge >= 0.3 is 0 Å². The Labute approximate surface area is 127 Å². The lowest BCUT2D eigenvalue weighted by atomic mass is 9.78. The van der Waals surface area contributed by atoms with E-state index < -0.39 is 0 Å². The average molecular weight is 285 g/mol. The van der Waals surface area contributed by atoms with Gasteiger partial charge in [-0.3, -0.25) is 0 Å². The van der Waals surface area contributed by atoms with E-state index in [-0.39, 0.29) is 0 Å². The molecule has 1 fully saturated rings. The van der Waals surface area contributed by atoms with Crippen molar-refractivity contribution in [2.75, 3.05) is 11.9 Å². The molecule has 1 aromatic carbocycles. The van der Waals surface area contributed by atoms with Crippen molar-refractivity contribution in [3.63, 3.8) is 0 Å². The highest BCUT2D eigenvalue weighted by atomic mass is 15.2. The maximum absolute atomic E-state index is 4.74. The molecule has 0 atom stereocenters. The Morgan fingerprint density at radius 2 is 1.95 bits per heavy atom. The van der Waals surface area contributed by atoms with Gasteiger partial charge < -0.3 is 9.88 Å². The van der Waals surface area contributed by atoms with Crippen molar-refractivity contribution in [3.8, 4) is 0 Å². The first-order chi connectivity index (χ1) is 10.1. The molecule has 1 aromatic heterocycles. The van der Waals surface area contributed by atoms with Crippen molar-refractivity contribution in [1.82, 2.24) is 9.55 Å². The summed E-state index contributed by atoms with van der Waals surface area (Å²) in [4.78, 5) is 4.74. The summed E-state index contributed by atoms with van der Waals surface area (Å²) in [5.74, 6) is 1.77. The molecule has 3 rings (SSSR count). The Morgan fingerprint density at radius 3 is 2.62 bits per heavy atom. The second-order valence-electron chi connectivity index (χ2n) is 7.14. The Hall–Kier alpha value is -1.51. The molecule has 114 valence electrons. The van der Waals surface area contributed by atoms with Crippen LogP contribution in [-0.2, 0) is 7.05 Å². The van der Waals surface area contributed by atoms with Gasteiger partial charge in [0.05, 0.1) is 11.0 Å². The van der Waals surface area contributed by atoms with Gasteiger partial charge in [0, 0.05) is 13.6 Å². The van der Waals surface area contributed by atoms with Crippen molar-refractivity contribution in [2.45, 2.75) is 46.0 Å². The number of imidazole rings is 1. The summed E-state index contributed by atoms with van der Waals surface area (Å²) < 4.78 is 2.17. The molecular weight excluding hydrogens is 258 g/mol. The third-order valence-corrected chi connectivity index (χ3v) is 4.91. The number of anilines is 1. The highest BCUT2D eigenvalue weighted by Gasteiger charge is 2.34. The number of aromatic nitrogens is 2. The fourth-order valence-corrected chi connectivity index (χ4v) is 4.01. The monoisotopic (exact) mass is 285 g/mol. The number of para-hydroxylation sites is 2. The van der Waals surface area contributed by atoms with E-state index in [1.54, 1.807) is 0 Å². The summed E-state index contributed by atoms with van der Waals surface area (Å²) in [5, 5.41) is 3.64. The van der Waals surface area contributed by atoms with E-state index in [2.05, 4.69) is 55.0 Å². The van der Waals surface area contributed by atoms with Gasteiger partial charge in [-0.05, 0) is 42.7 Å². The Bertz CT molecular complexity index is 606. The van der Waals surface area contributed by atoms with Gasteiger partial charge in [-0.25, -0.2) is 4.98 Å². The lowest BCUT2D eigenvalue weighted by Gasteiger charge is -2.31. The minimum atomic E-state index is 0.478. The molecule has 3 heteroatoms. The van der Waals surface area contributed by atoms with E-state index in [9.17, 15) is 0 Å². The zero-order valence-corrected chi connectivity index (χ0v) is 13.5. The lowest BCUT2D eigenvalue weighted by molar-refractivity contribution is 0.252. The number of hydrogen-bond acceptors (Lipinski definition) is 2. The van der Waals surface area contributed by atoms with Crippen molar-refractivity contribution in [3.05, 3.63) is 24.3 Å². The Balaban J connectivity index is 1.77. The van der Waals surface area contributed by atoms with Gasteiger partial charge in [-0.1, -0.05) is 38.8 Å². The van der Waals surface area contributed by atoms with Crippen LogP contribution in [0.4, 0.5) is 5.95 Å². The van der Waals surface area contributed by atoms with E-state index in [4.69, 9.17) is 4.98 Å². The highest BCUT2D eigenvalue weighted by Crippen LogP contribution is 2.43. The summed E-state index contributed by atoms with van der Waals surface area (Å²) in [6.07, 6.45) is 6.82. The zero-order chi connectivity index (χ0) is 14.9. The molecule has 1 saturated carbocycles. The molecule has 0 saturated heterocycles. The number of nitrogens with zero attached hydrogens (tertiary/aromatic N) is 2. The van der Waals surface area contributed by atoms with Crippen molar-refractivity contribution >= 4 is 17.0 Å². The zero-order valence-electron chi connectivity index (χ0n) is 13.5. The first-order valence-electron chi connectivity index (χ1n) is 8.25. The molecule has 3 nitrogen and oxygen atoms in total. The van der Waals surface area contributed by atoms with Gasteiger partial charge in [0.2, 0.25) is 5.95 Å². The average Bonchev–Trinajstić information content (AvgIpc) is 3.03. The van der Waals surface area contributed by atoms with Crippen LogP contribution in [0.1, 0.15) is 46.0 Å². The predicted octanol–water partition coefficient (Wildman–Crippen LogP) is 4.59. The maximum Gasteiger partial charge on any atom is 0.203 e. The predicted molar refractivity (Wildman–Crippen MR) is 89.6 cm³/mol. The molecule has 1 aliphatic carbocycles. The van der Waals surface area contributed by atoms with Crippen LogP contribution in [-0.4, -0.2) is 16.1 Å². The van der Waals surface area contributed by atoms with Crippen molar-refractivity contribution < 1.29 is 0 Å². The SMILES string of the molecule is CC(C)CC1(CNc2nc3ccccc3n2C)CCCC1. The topological polar surface area (TPSA) is 29.9 Å². The van der Waals surface area contributed by atoms with Crippen LogP contribution in [0.3, 0.4) is 0 Å². The maximum atomic E-state index is 4.74. The molecule has 1 heterocycles. The number of fused-ring (bicyclic) bond motifs is 1. The molecule has 1 aliphatic rings. The molecule has 0 unspecified atom stereocenters. The van der Waals surface area contributed by atoms with Crippen LogP contribution in [0.2, 0.25) is 0 Å². The van der Waals surface area contributed by atoms with Crippen LogP contribution in [0.5, 0.6) is 0 Å². The molecular formula is C18H27N3. The molecule has 0 bridgehead atoms. The molecule has 0 radical (unpaired) electrons. The van der Waals surface area contributed by atoms with Gasteiger partial charge in [-0.15, -0.1) is 0 Å². The first kappa shape index (κ1) is 14.4. The van der Waals surface area contributed by atoms with Gasteiger partial charge in [0.25, 0.3) is 0 Å². The Morgan fingerprint density at radius 1 is 1.24 bits per heavy atom. The summed E-state index contributed by atoms with van der Waals surface area (Å²) in [7, 11) is 2.10. The van der Waals surface area contributed by atoms with E-state index in [0.717, 1.165) is 23.9 Å². The minimum Gasteiger partial charge on any atom is -0.355 e. The number of rotatable bonds is 5. The van der Waals surface area contributed by atoms with Gasteiger partial charge in [-0.2, -0.15) is 0 Å². The van der Waals surface area contributed by atoms with Crippen LogP contribution >= 0.6 is 0 Å². The molecule has 0 spiro atoms. The quantitative estimate of drug-likeness (QED) is 0.870. The number of nitrogens with one attached hydrogen (secondary N) is 1. The highest BCUT2D eigenvalue weighted by molar-refractivity contribution is 5.78. The fraction of sp³-hybridized carbons (Fsp3) is 0.611. The number of hydrogen-bond donors (Lipinski definition) is 1. The summed E-state index contributed by atoms with van der Waals surface area (Å²) >= 11 is 0. The van der Waals surface area contributed by atoms with Crippen LogP contribution in [0, 0.1) is 11.3 Å². The molecule has 2 aromatic rings. The van der Waals surface area contributed by atoms with E-state index in [0.29, 0.717) is 5.41 Å². The fourth-order valence-electron chi connectivity index (χ4n) is 4.01. The van der Waals surface area contributed by atoms with Crippen molar-refractivity contribution in [1.29, 1.82) is 0 Å². The second kappa shape index (κ2) is 5.70. The molecule has 0 amide bonds. The van der Waals surface area contributed by atoms with Crippen LogP contribution in [0.25, 0.3) is 11.0 Å². The van der Waals surface area contributed by atoms with Gasteiger partial charge in [0.15, 0.2) is 0 Å². The normalized spacial score (nSPS) is 17.7. The lowest BCUT2D eigenvalue weighted by Crippen LogP contribution is -2.29. The summed E-state index contributed by atoms with van der Waals surface area (Å²) in [5.41, 5.74) is 2.75. The summed E-state index contributed by atoms with van der Waals surface area (Å²) in [6.45, 7) is 5.74.